The first kappa shape index (κ1) is 17.1. The summed E-state index contributed by atoms with van der Waals surface area (Å²) in [6, 6.07) is 14.0. The van der Waals surface area contributed by atoms with Crippen LogP contribution in [-0.4, -0.2) is 15.8 Å². The topological polar surface area (TPSA) is 49.3 Å². The molecule has 2 aromatic rings. The van der Waals surface area contributed by atoms with Gasteiger partial charge in [0.1, 0.15) is 0 Å². The predicted molar refractivity (Wildman–Crippen MR) is 101 cm³/mol. The summed E-state index contributed by atoms with van der Waals surface area (Å²) in [6.07, 6.45) is 5.29. The molecule has 0 spiro atoms. The van der Waals surface area contributed by atoms with Crippen LogP contribution in [0.15, 0.2) is 53.8 Å². The summed E-state index contributed by atoms with van der Waals surface area (Å²) < 4.78 is 0. The Morgan fingerprint density at radius 3 is 2.61 bits per heavy atom. The number of hydrazone groups is 1. The molecule has 0 bridgehead atoms. The molecule has 0 radical (unpaired) electrons. The molecule has 2 rings (SSSR count). The van der Waals surface area contributed by atoms with E-state index in [4.69, 9.17) is 12.2 Å². The second-order valence-corrected chi connectivity index (χ2v) is 5.69. The van der Waals surface area contributed by atoms with Crippen LogP contribution < -0.4 is 10.7 Å². The van der Waals surface area contributed by atoms with Crippen molar-refractivity contribution < 1.29 is 0 Å². The summed E-state index contributed by atoms with van der Waals surface area (Å²) in [7, 11) is 0. The van der Waals surface area contributed by atoms with Gasteiger partial charge in [0.05, 0.1) is 11.4 Å². The molecule has 0 aliphatic carbocycles. The predicted octanol–water partition coefficient (Wildman–Crippen LogP) is 4.13. The number of benzene rings is 1. The van der Waals surface area contributed by atoms with Crippen molar-refractivity contribution in [3.05, 3.63) is 59.9 Å². The van der Waals surface area contributed by atoms with Gasteiger partial charge >= 0.3 is 0 Å². The molecule has 0 saturated carbocycles. The SMILES string of the molecule is CCCCc1ccc(NC(=S)N/N=C(\C)c2ccccn2)cc1. The van der Waals surface area contributed by atoms with Crippen molar-refractivity contribution in [3.8, 4) is 0 Å². The Labute approximate surface area is 143 Å². The number of nitrogens with one attached hydrogen (secondary N) is 2. The van der Waals surface area contributed by atoms with Gasteiger partial charge in [0.15, 0.2) is 5.11 Å². The fourth-order valence-electron chi connectivity index (χ4n) is 2.06. The third-order valence-corrected chi connectivity index (χ3v) is 3.58. The van der Waals surface area contributed by atoms with Gasteiger partial charge in [-0.2, -0.15) is 5.10 Å². The van der Waals surface area contributed by atoms with E-state index in [2.05, 4.69) is 39.9 Å². The van der Waals surface area contributed by atoms with Crippen molar-refractivity contribution in [2.45, 2.75) is 33.1 Å². The third-order valence-electron chi connectivity index (χ3n) is 3.39. The maximum absolute atomic E-state index is 5.26. The molecule has 2 N–H and O–H groups in total. The van der Waals surface area contributed by atoms with E-state index >= 15 is 0 Å². The maximum atomic E-state index is 5.26. The molecule has 0 unspecified atom stereocenters. The number of anilines is 1. The van der Waals surface area contributed by atoms with Crippen molar-refractivity contribution in [1.82, 2.24) is 10.4 Å². The molecule has 0 amide bonds. The van der Waals surface area contributed by atoms with Gasteiger partial charge in [0.25, 0.3) is 0 Å². The maximum Gasteiger partial charge on any atom is 0.191 e. The average Bonchev–Trinajstić information content (AvgIpc) is 2.60. The number of nitrogens with zero attached hydrogens (tertiary/aromatic N) is 2. The zero-order valence-corrected chi connectivity index (χ0v) is 14.4. The first-order valence-electron chi connectivity index (χ1n) is 7.80. The molecule has 5 heteroatoms. The average molecular weight is 326 g/mol. The van der Waals surface area contributed by atoms with Gasteiger partial charge in [-0.05, 0) is 61.8 Å². The number of aromatic nitrogens is 1. The van der Waals surface area contributed by atoms with Crippen LogP contribution in [0.2, 0.25) is 0 Å². The number of unbranched alkanes of at least 4 members (excludes halogenated alkanes) is 1. The van der Waals surface area contributed by atoms with E-state index in [9.17, 15) is 0 Å². The smallest absolute Gasteiger partial charge is 0.191 e. The van der Waals surface area contributed by atoms with E-state index in [-0.39, 0.29) is 0 Å². The Hall–Kier alpha value is -2.27. The van der Waals surface area contributed by atoms with Crippen LogP contribution in [-0.2, 0) is 6.42 Å². The Kier molecular flexibility index (Phi) is 6.69. The summed E-state index contributed by atoms with van der Waals surface area (Å²) in [5.41, 5.74) is 6.75. The normalized spacial score (nSPS) is 11.1. The van der Waals surface area contributed by atoms with Gasteiger partial charge in [0, 0.05) is 11.9 Å². The Bertz CT molecular complexity index is 650. The molecular weight excluding hydrogens is 304 g/mol. The van der Waals surface area contributed by atoms with E-state index in [0.717, 1.165) is 23.5 Å². The van der Waals surface area contributed by atoms with Crippen molar-refractivity contribution >= 4 is 28.7 Å². The van der Waals surface area contributed by atoms with Gasteiger partial charge in [-0.1, -0.05) is 31.5 Å². The molecule has 0 saturated heterocycles. The largest absolute Gasteiger partial charge is 0.331 e. The highest BCUT2D eigenvalue weighted by Crippen LogP contribution is 2.11. The van der Waals surface area contributed by atoms with E-state index in [1.165, 1.54) is 18.4 Å². The number of pyridine rings is 1. The Morgan fingerprint density at radius 2 is 1.96 bits per heavy atom. The minimum absolute atomic E-state index is 0.460. The summed E-state index contributed by atoms with van der Waals surface area (Å²) in [5.74, 6) is 0. The molecule has 0 aliphatic heterocycles. The second kappa shape index (κ2) is 9.00. The summed E-state index contributed by atoms with van der Waals surface area (Å²) in [6.45, 7) is 4.09. The number of hydrogen-bond acceptors (Lipinski definition) is 3. The van der Waals surface area contributed by atoms with Crippen LogP contribution in [0.3, 0.4) is 0 Å². The molecule has 1 aromatic heterocycles. The van der Waals surface area contributed by atoms with Crippen molar-refractivity contribution in [3.63, 3.8) is 0 Å². The van der Waals surface area contributed by atoms with Crippen molar-refractivity contribution in [2.75, 3.05) is 5.32 Å². The number of hydrogen-bond donors (Lipinski definition) is 2. The summed E-state index contributed by atoms with van der Waals surface area (Å²) in [4.78, 5) is 4.24. The van der Waals surface area contributed by atoms with Gasteiger partial charge in [-0.3, -0.25) is 10.4 Å². The second-order valence-electron chi connectivity index (χ2n) is 5.28. The molecule has 0 fully saturated rings. The van der Waals surface area contributed by atoms with Gasteiger partial charge in [-0.15, -0.1) is 0 Å². The zero-order valence-electron chi connectivity index (χ0n) is 13.5. The van der Waals surface area contributed by atoms with Crippen LogP contribution in [0.4, 0.5) is 5.69 Å². The highest BCUT2D eigenvalue weighted by atomic mass is 32.1. The Morgan fingerprint density at radius 1 is 1.17 bits per heavy atom. The van der Waals surface area contributed by atoms with Crippen molar-refractivity contribution in [2.24, 2.45) is 5.10 Å². The van der Waals surface area contributed by atoms with Crippen LogP contribution in [0.25, 0.3) is 0 Å². The molecule has 23 heavy (non-hydrogen) atoms. The van der Waals surface area contributed by atoms with Crippen LogP contribution >= 0.6 is 12.2 Å². The highest BCUT2D eigenvalue weighted by molar-refractivity contribution is 7.80. The fourth-order valence-corrected chi connectivity index (χ4v) is 2.23. The minimum Gasteiger partial charge on any atom is -0.331 e. The number of thiocarbonyl (C=S) groups is 1. The molecular formula is C18H22N4S. The highest BCUT2D eigenvalue weighted by Gasteiger charge is 2.00. The quantitative estimate of drug-likeness (QED) is 0.476. The van der Waals surface area contributed by atoms with E-state index in [1.54, 1.807) is 6.20 Å². The van der Waals surface area contributed by atoms with Crippen LogP contribution in [0, 0.1) is 0 Å². The fraction of sp³-hybridized carbons (Fsp3) is 0.278. The molecule has 0 aliphatic rings. The molecule has 120 valence electrons. The molecule has 0 atom stereocenters. The lowest BCUT2D eigenvalue weighted by Gasteiger charge is -2.09. The molecule has 1 aromatic carbocycles. The van der Waals surface area contributed by atoms with Gasteiger partial charge in [-0.25, -0.2) is 0 Å². The number of aryl methyl sites for hydroxylation is 1. The lowest BCUT2D eigenvalue weighted by molar-refractivity contribution is 0.795. The lowest BCUT2D eigenvalue weighted by atomic mass is 10.1. The zero-order chi connectivity index (χ0) is 16.5. The lowest BCUT2D eigenvalue weighted by Crippen LogP contribution is -2.25. The van der Waals surface area contributed by atoms with E-state index in [0.29, 0.717) is 5.11 Å². The number of rotatable bonds is 6. The standard InChI is InChI=1S/C18H22N4S/c1-3-4-7-15-9-11-16(12-10-15)20-18(23)22-21-14(2)17-8-5-6-13-19-17/h5-6,8-13H,3-4,7H2,1-2H3,(H2,20,22,23)/b21-14+. The van der Waals surface area contributed by atoms with Gasteiger partial charge in [0.2, 0.25) is 0 Å². The minimum atomic E-state index is 0.460. The van der Waals surface area contributed by atoms with E-state index < -0.39 is 0 Å². The first-order chi connectivity index (χ1) is 11.2. The van der Waals surface area contributed by atoms with Crippen molar-refractivity contribution in [1.29, 1.82) is 0 Å². The first-order valence-corrected chi connectivity index (χ1v) is 8.21. The summed E-state index contributed by atoms with van der Waals surface area (Å²) >= 11 is 5.26. The third kappa shape index (κ3) is 5.79. The van der Waals surface area contributed by atoms with Crippen LogP contribution in [0.5, 0.6) is 0 Å². The molecule has 4 nitrogen and oxygen atoms in total. The van der Waals surface area contributed by atoms with Gasteiger partial charge < -0.3 is 5.32 Å². The molecule has 1 heterocycles. The summed E-state index contributed by atoms with van der Waals surface area (Å²) in [5, 5.41) is 7.83. The Balaban J connectivity index is 1.87. The van der Waals surface area contributed by atoms with Crippen LogP contribution in [0.1, 0.15) is 37.9 Å². The van der Waals surface area contributed by atoms with E-state index in [1.807, 2.05) is 37.3 Å². The monoisotopic (exact) mass is 326 g/mol.